The predicted molar refractivity (Wildman–Crippen MR) is 101 cm³/mol. The molecule has 2 aromatic carbocycles. The van der Waals surface area contributed by atoms with Gasteiger partial charge in [-0.15, -0.1) is 22.7 Å². The van der Waals surface area contributed by atoms with Crippen molar-refractivity contribution in [2.45, 2.75) is 13.1 Å². The maximum Gasteiger partial charge on any atom is 0.162 e. The van der Waals surface area contributed by atoms with Crippen LogP contribution >= 0.6 is 47.1 Å². The van der Waals surface area contributed by atoms with E-state index in [4.69, 9.17) is 24.4 Å². The summed E-state index contributed by atoms with van der Waals surface area (Å²) in [4.78, 5) is 0. The number of thiazole rings is 2. The summed E-state index contributed by atoms with van der Waals surface area (Å²) in [5.41, 5.74) is 2.42. The molecule has 0 atom stereocenters. The molecule has 0 N–H and O–H groups in total. The SMILES string of the molecule is S=c1sc2ccccc2n1CCn1c(=S)sc2ccccc21. The van der Waals surface area contributed by atoms with Gasteiger partial charge in [0.1, 0.15) is 0 Å². The van der Waals surface area contributed by atoms with E-state index in [1.807, 2.05) is 0 Å². The monoisotopic (exact) mass is 360 g/mol. The number of benzene rings is 2. The Balaban J connectivity index is 1.75. The second-order valence-electron chi connectivity index (χ2n) is 4.97. The highest BCUT2D eigenvalue weighted by Gasteiger charge is 2.07. The standard InChI is InChI=1S/C16H12N2S4/c19-15-17(11-5-1-3-7-13(11)21-15)9-10-18-12-6-2-4-8-14(12)22-16(18)20/h1-8H,9-10H2. The minimum absolute atomic E-state index is 0.845. The van der Waals surface area contributed by atoms with Crippen LogP contribution in [0.4, 0.5) is 0 Å². The Morgan fingerprint density at radius 3 is 1.55 bits per heavy atom. The number of aromatic nitrogens is 2. The van der Waals surface area contributed by atoms with E-state index < -0.39 is 0 Å². The molecule has 0 spiro atoms. The second kappa shape index (κ2) is 5.70. The zero-order valence-corrected chi connectivity index (χ0v) is 14.8. The van der Waals surface area contributed by atoms with Crippen molar-refractivity contribution in [2.24, 2.45) is 0 Å². The molecule has 6 heteroatoms. The van der Waals surface area contributed by atoms with Crippen molar-refractivity contribution >= 4 is 67.5 Å². The minimum Gasteiger partial charge on any atom is -0.321 e. The molecule has 4 aromatic rings. The van der Waals surface area contributed by atoms with Gasteiger partial charge in [0.25, 0.3) is 0 Å². The maximum atomic E-state index is 5.53. The third-order valence-electron chi connectivity index (χ3n) is 3.69. The van der Waals surface area contributed by atoms with E-state index in [1.165, 1.54) is 20.4 Å². The van der Waals surface area contributed by atoms with Gasteiger partial charge in [0, 0.05) is 13.1 Å². The highest BCUT2D eigenvalue weighted by molar-refractivity contribution is 7.74. The van der Waals surface area contributed by atoms with Crippen molar-refractivity contribution in [2.75, 3.05) is 0 Å². The van der Waals surface area contributed by atoms with Crippen LogP contribution in [0, 0.1) is 7.91 Å². The van der Waals surface area contributed by atoms with Crippen LogP contribution < -0.4 is 0 Å². The molecule has 0 fully saturated rings. The molecule has 22 heavy (non-hydrogen) atoms. The van der Waals surface area contributed by atoms with Crippen LogP contribution in [0.15, 0.2) is 48.5 Å². The Labute approximate surface area is 145 Å². The first-order chi connectivity index (χ1) is 10.7. The summed E-state index contributed by atoms with van der Waals surface area (Å²) in [6, 6.07) is 16.7. The Morgan fingerprint density at radius 2 is 1.09 bits per heavy atom. The zero-order chi connectivity index (χ0) is 15.1. The fourth-order valence-electron chi connectivity index (χ4n) is 2.65. The zero-order valence-electron chi connectivity index (χ0n) is 11.6. The highest BCUT2D eigenvalue weighted by atomic mass is 32.2. The van der Waals surface area contributed by atoms with Gasteiger partial charge in [-0.25, -0.2) is 0 Å². The predicted octanol–water partition coefficient (Wildman–Crippen LogP) is 5.88. The summed E-state index contributed by atoms with van der Waals surface area (Å²) < 4.78 is 8.75. The molecular formula is C16H12N2S4. The van der Waals surface area contributed by atoms with E-state index in [2.05, 4.69) is 57.7 Å². The van der Waals surface area contributed by atoms with Gasteiger partial charge in [-0.3, -0.25) is 0 Å². The first-order valence-corrected chi connectivity index (χ1v) is 9.36. The van der Waals surface area contributed by atoms with Gasteiger partial charge in [0.2, 0.25) is 0 Å². The summed E-state index contributed by atoms with van der Waals surface area (Å²) in [6.45, 7) is 1.69. The molecule has 0 amide bonds. The molecule has 2 heterocycles. The summed E-state index contributed by atoms with van der Waals surface area (Å²) >= 11 is 14.4. The number of nitrogens with zero attached hydrogens (tertiary/aromatic N) is 2. The average molecular weight is 361 g/mol. The summed E-state index contributed by atoms with van der Waals surface area (Å²) in [6.07, 6.45) is 0. The van der Waals surface area contributed by atoms with Gasteiger partial charge >= 0.3 is 0 Å². The van der Waals surface area contributed by atoms with Gasteiger partial charge in [-0.05, 0) is 48.7 Å². The van der Waals surface area contributed by atoms with Crippen LogP contribution in [0.2, 0.25) is 0 Å². The van der Waals surface area contributed by atoms with E-state index in [0.29, 0.717) is 0 Å². The van der Waals surface area contributed by atoms with Crippen molar-refractivity contribution in [3.8, 4) is 0 Å². The lowest BCUT2D eigenvalue weighted by Crippen LogP contribution is -2.07. The van der Waals surface area contributed by atoms with Crippen LogP contribution in [-0.2, 0) is 13.1 Å². The van der Waals surface area contributed by atoms with Crippen LogP contribution in [0.3, 0.4) is 0 Å². The first-order valence-electron chi connectivity index (χ1n) is 6.91. The van der Waals surface area contributed by atoms with Crippen molar-refractivity contribution < 1.29 is 0 Å². The molecule has 0 aliphatic rings. The van der Waals surface area contributed by atoms with Gasteiger partial charge in [0.05, 0.1) is 20.4 Å². The molecule has 2 nitrogen and oxygen atoms in total. The topological polar surface area (TPSA) is 9.86 Å². The smallest absolute Gasteiger partial charge is 0.162 e. The molecule has 0 radical (unpaired) electrons. The van der Waals surface area contributed by atoms with Gasteiger partial charge in [-0.1, -0.05) is 24.3 Å². The summed E-state index contributed by atoms with van der Waals surface area (Å²) in [5.74, 6) is 0. The lowest BCUT2D eigenvalue weighted by molar-refractivity contribution is 0.603. The fraction of sp³-hybridized carbons (Fsp3) is 0.125. The second-order valence-corrected chi connectivity index (χ2v) is 8.33. The number of para-hydroxylation sites is 2. The molecule has 2 aromatic heterocycles. The average Bonchev–Trinajstić information content (AvgIpc) is 3.01. The molecular weight excluding hydrogens is 348 g/mol. The third kappa shape index (κ3) is 2.36. The molecule has 0 saturated heterocycles. The van der Waals surface area contributed by atoms with E-state index in [-0.39, 0.29) is 0 Å². The number of rotatable bonds is 3. The number of hydrogen-bond acceptors (Lipinski definition) is 4. The Morgan fingerprint density at radius 1 is 0.682 bits per heavy atom. The number of aryl methyl sites for hydroxylation is 2. The van der Waals surface area contributed by atoms with Crippen LogP contribution in [-0.4, -0.2) is 9.13 Å². The third-order valence-corrected chi connectivity index (χ3v) is 6.56. The summed E-state index contributed by atoms with van der Waals surface area (Å²) in [5, 5.41) is 0. The molecule has 4 rings (SSSR count). The van der Waals surface area contributed by atoms with Gasteiger partial charge in [0.15, 0.2) is 7.91 Å². The molecule has 0 bridgehead atoms. The van der Waals surface area contributed by atoms with Crippen LogP contribution in [0.1, 0.15) is 0 Å². The largest absolute Gasteiger partial charge is 0.321 e. The first kappa shape index (κ1) is 14.3. The normalized spacial score (nSPS) is 11.5. The lowest BCUT2D eigenvalue weighted by Gasteiger charge is -2.07. The molecule has 110 valence electrons. The lowest BCUT2D eigenvalue weighted by atomic mass is 10.3. The van der Waals surface area contributed by atoms with Crippen LogP contribution in [0.25, 0.3) is 20.4 Å². The van der Waals surface area contributed by atoms with Gasteiger partial charge < -0.3 is 9.13 Å². The Hall–Kier alpha value is -1.34. The van der Waals surface area contributed by atoms with Crippen molar-refractivity contribution in [3.05, 3.63) is 56.4 Å². The summed E-state index contributed by atoms with van der Waals surface area (Å²) in [7, 11) is 0. The number of fused-ring (bicyclic) bond motifs is 2. The molecule has 0 unspecified atom stereocenters. The van der Waals surface area contributed by atoms with Crippen molar-refractivity contribution in [1.82, 2.24) is 9.13 Å². The van der Waals surface area contributed by atoms with Crippen molar-refractivity contribution in [1.29, 1.82) is 0 Å². The Kier molecular flexibility index (Phi) is 3.69. The maximum absolute atomic E-state index is 5.53. The van der Waals surface area contributed by atoms with E-state index in [1.54, 1.807) is 22.7 Å². The fourth-order valence-corrected chi connectivity index (χ4v) is 5.40. The molecule has 0 aliphatic heterocycles. The molecule has 0 aliphatic carbocycles. The minimum atomic E-state index is 0.845. The quantitative estimate of drug-likeness (QED) is 0.422. The highest BCUT2D eigenvalue weighted by Crippen LogP contribution is 2.25. The van der Waals surface area contributed by atoms with E-state index >= 15 is 0 Å². The Bertz CT molecular complexity index is 993. The number of hydrogen-bond donors (Lipinski definition) is 0. The van der Waals surface area contributed by atoms with E-state index in [0.717, 1.165) is 21.0 Å². The van der Waals surface area contributed by atoms with Gasteiger partial charge in [-0.2, -0.15) is 0 Å². The van der Waals surface area contributed by atoms with E-state index in [9.17, 15) is 0 Å². The molecule has 0 saturated carbocycles. The van der Waals surface area contributed by atoms with Crippen molar-refractivity contribution in [3.63, 3.8) is 0 Å². The van der Waals surface area contributed by atoms with Crippen LogP contribution in [0.5, 0.6) is 0 Å².